The maximum Gasteiger partial charge on any atom is 0.0935 e. The molecule has 2 N–H and O–H groups in total. The molecule has 0 radical (unpaired) electrons. The maximum atomic E-state index is 5.62. The molecular weight excluding hydrogens is 164 g/mol. The summed E-state index contributed by atoms with van der Waals surface area (Å²) in [7, 11) is 0. The van der Waals surface area contributed by atoms with Crippen molar-refractivity contribution in [2.45, 2.75) is 12.6 Å². The topological polar surface area (TPSA) is 38.5 Å². The Morgan fingerprint density at radius 3 is 2.62 bits per heavy atom. The van der Waals surface area contributed by atoms with E-state index >= 15 is 0 Å². The molecule has 0 amide bonds. The van der Waals surface area contributed by atoms with Crippen LogP contribution >= 0.6 is 0 Å². The first-order valence-corrected chi connectivity index (χ1v) is 4.52. The molecule has 1 aromatic carbocycles. The van der Waals surface area contributed by atoms with Gasteiger partial charge in [-0.05, 0) is 5.56 Å². The van der Waals surface area contributed by atoms with Crippen molar-refractivity contribution in [3.05, 3.63) is 35.9 Å². The number of rotatable bonds is 3. The quantitative estimate of drug-likeness (QED) is 0.742. The highest BCUT2D eigenvalue weighted by molar-refractivity contribution is 5.13. The summed E-state index contributed by atoms with van der Waals surface area (Å²) in [4.78, 5) is 5.49. The summed E-state index contributed by atoms with van der Waals surface area (Å²) in [6, 6.07) is 10.4. The summed E-state index contributed by atoms with van der Waals surface area (Å²) in [5, 5.41) is 1.90. The van der Waals surface area contributed by atoms with Gasteiger partial charge in [-0.3, -0.25) is 4.84 Å². The lowest BCUT2D eigenvalue weighted by atomic mass is 10.2. The highest BCUT2D eigenvalue weighted by Gasteiger charge is 2.23. The second-order valence-corrected chi connectivity index (χ2v) is 3.37. The average molecular weight is 178 g/mol. The number of nitrogens with two attached hydrogens (primary N) is 1. The van der Waals surface area contributed by atoms with Crippen LogP contribution in [0.15, 0.2) is 30.3 Å². The third-order valence-electron chi connectivity index (χ3n) is 2.13. The van der Waals surface area contributed by atoms with Crippen molar-refractivity contribution in [1.29, 1.82) is 0 Å². The van der Waals surface area contributed by atoms with E-state index in [1.54, 1.807) is 0 Å². The van der Waals surface area contributed by atoms with Crippen molar-refractivity contribution < 1.29 is 4.84 Å². The fourth-order valence-electron chi connectivity index (χ4n) is 1.32. The fraction of sp³-hybridized carbons (Fsp3) is 0.400. The highest BCUT2D eigenvalue weighted by Crippen LogP contribution is 2.09. The Morgan fingerprint density at radius 1 is 1.31 bits per heavy atom. The van der Waals surface area contributed by atoms with Crippen LogP contribution in [0.25, 0.3) is 0 Å². The van der Waals surface area contributed by atoms with Gasteiger partial charge in [-0.15, -0.1) is 0 Å². The first kappa shape index (κ1) is 8.69. The molecule has 0 unspecified atom stereocenters. The van der Waals surface area contributed by atoms with Gasteiger partial charge in [0.1, 0.15) is 0 Å². The standard InChI is InChI=1S/C10H14N2O/c11-10-6-12(7-10)13-8-9-4-2-1-3-5-9/h1-5,10H,6-8,11H2. The summed E-state index contributed by atoms with van der Waals surface area (Å²) in [6.45, 7) is 2.35. The molecule has 1 heterocycles. The zero-order chi connectivity index (χ0) is 9.10. The SMILES string of the molecule is NC1CN(OCc2ccccc2)C1. The summed E-state index contributed by atoms with van der Waals surface area (Å²) in [6.07, 6.45) is 0. The number of hydroxylamine groups is 2. The van der Waals surface area contributed by atoms with Gasteiger partial charge in [0.15, 0.2) is 0 Å². The number of hydrogen-bond donors (Lipinski definition) is 1. The Hall–Kier alpha value is -0.900. The van der Waals surface area contributed by atoms with Crippen molar-refractivity contribution in [3.63, 3.8) is 0 Å². The predicted octanol–water partition coefficient (Wildman–Crippen LogP) is 0.761. The minimum Gasteiger partial charge on any atom is -0.325 e. The minimum atomic E-state index is 0.302. The van der Waals surface area contributed by atoms with Gasteiger partial charge in [0.2, 0.25) is 0 Å². The van der Waals surface area contributed by atoms with E-state index < -0.39 is 0 Å². The molecule has 1 aliphatic heterocycles. The van der Waals surface area contributed by atoms with Gasteiger partial charge in [-0.2, -0.15) is 5.06 Å². The molecular formula is C10H14N2O. The highest BCUT2D eigenvalue weighted by atomic mass is 16.7. The van der Waals surface area contributed by atoms with E-state index in [2.05, 4.69) is 12.1 Å². The number of hydrogen-bond acceptors (Lipinski definition) is 3. The van der Waals surface area contributed by atoms with Gasteiger partial charge < -0.3 is 5.73 Å². The molecule has 0 atom stereocenters. The van der Waals surface area contributed by atoms with Gasteiger partial charge in [-0.1, -0.05) is 30.3 Å². The van der Waals surface area contributed by atoms with Crippen LogP contribution in [-0.2, 0) is 11.4 Å². The normalized spacial score (nSPS) is 18.5. The van der Waals surface area contributed by atoms with Crippen LogP contribution in [0.2, 0.25) is 0 Å². The molecule has 1 saturated heterocycles. The van der Waals surface area contributed by atoms with Crippen molar-refractivity contribution >= 4 is 0 Å². The van der Waals surface area contributed by atoms with E-state index in [9.17, 15) is 0 Å². The summed E-state index contributed by atoms with van der Waals surface area (Å²) in [5.74, 6) is 0. The molecule has 0 spiro atoms. The predicted molar refractivity (Wildman–Crippen MR) is 50.8 cm³/mol. The summed E-state index contributed by atoms with van der Waals surface area (Å²) >= 11 is 0. The first-order chi connectivity index (χ1) is 6.34. The second-order valence-electron chi connectivity index (χ2n) is 3.37. The molecule has 13 heavy (non-hydrogen) atoms. The third-order valence-corrected chi connectivity index (χ3v) is 2.13. The van der Waals surface area contributed by atoms with Crippen LogP contribution in [0.3, 0.4) is 0 Å². The van der Waals surface area contributed by atoms with Gasteiger partial charge in [0, 0.05) is 19.1 Å². The summed E-state index contributed by atoms with van der Waals surface area (Å²) < 4.78 is 0. The van der Waals surface area contributed by atoms with Crippen LogP contribution in [-0.4, -0.2) is 24.2 Å². The van der Waals surface area contributed by atoms with Crippen molar-refractivity contribution in [2.75, 3.05) is 13.1 Å². The molecule has 0 aliphatic carbocycles. The van der Waals surface area contributed by atoms with Crippen LogP contribution < -0.4 is 5.73 Å². The molecule has 0 bridgehead atoms. The molecule has 1 aliphatic rings. The van der Waals surface area contributed by atoms with E-state index in [0.29, 0.717) is 12.6 Å². The van der Waals surface area contributed by atoms with Crippen molar-refractivity contribution in [3.8, 4) is 0 Å². The van der Waals surface area contributed by atoms with Crippen molar-refractivity contribution in [1.82, 2.24) is 5.06 Å². The Bertz CT molecular complexity index is 257. The van der Waals surface area contributed by atoms with Gasteiger partial charge in [0.25, 0.3) is 0 Å². The van der Waals surface area contributed by atoms with Gasteiger partial charge in [-0.25, -0.2) is 0 Å². The third kappa shape index (κ3) is 2.28. The van der Waals surface area contributed by atoms with Gasteiger partial charge in [0.05, 0.1) is 6.61 Å². The van der Waals surface area contributed by atoms with Crippen LogP contribution in [0.4, 0.5) is 0 Å². The van der Waals surface area contributed by atoms with E-state index in [0.717, 1.165) is 13.1 Å². The largest absolute Gasteiger partial charge is 0.325 e. The molecule has 70 valence electrons. The van der Waals surface area contributed by atoms with E-state index in [1.807, 2.05) is 23.3 Å². The monoisotopic (exact) mass is 178 g/mol. The minimum absolute atomic E-state index is 0.302. The van der Waals surface area contributed by atoms with Crippen LogP contribution in [0.1, 0.15) is 5.56 Å². The smallest absolute Gasteiger partial charge is 0.0935 e. The second kappa shape index (κ2) is 3.87. The van der Waals surface area contributed by atoms with Crippen molar-refractivity contribution in [2.24, 2.45) is 5.73 Å². The molecule has 3 nitrogen and oxygen atoms in total. The Balaban J connectivity index is 1.74. The van der Waals surface area contributed by atoms with E-state index in [1.165, 1.54) is 5.56 Å². The summed E-state index contributed by atoms with van der Waals surface area (Å²) in [5.41, 5.74) is 6.81. The molecule has 3 heteroatoms. The van der Waals surface area contributed by atoms with Crippen LogP contribution in [0.5, 0.6) is 0 Å². The van der Waals surface area contributed by atoms with E-state index in [-0.39, 0.29) is 0 Å². The first-order valence-electron chi connectivity index (χ1n) is 4.52. The van der Waals surface area contributed by atoms with Crippen LogP contribution in [0, 0.1) is 0 Å². The van der Waals surface area contributed by atoms with E-state index in [4.69, 9.17) is 10.6 Å². The zero-order valence-electron chi connectivity index (χ0n) is 7.52. The Labute approximate surface area is 78.1 Å². The fourth-order valence-corrected chi connectivity index (χ4v) is 1.32. The lowest BCUT2D eigenvalue weighted by Gasteiger charge is -2.35. The number of nitrogens with zero attached hydrogens (tertiary/aromatic N) is 1. The molecule has 0 aromatic heterocycles. The molecule has 1 aromatic rings. The lowest BCUT2D eigenvalue weighted by molar-refractivity contribution is -0.212. The Morgan fingerprint density at radius 2 is 2.00 bits per heavy atom. The Kier molecular flexibility index (Phi) is 2.59. The maximum absolute atomic E-state index is 5.62. The van der Waals surface area contributed by atoms with Gasteiger partial charge >= 0.3 is 0 Å². The molecule has 1 fully saturated rings. The number of benzene rings is 1. The lowest BCUT2D eigenvalue weighted by Crippen LogP contribution is -2.55. The average Bonchev–Trinajstić information content (AvgIpc) is 2.12. The zero-order valence-corrected chi connectivity index (χ0v) is 7.52. The molecule has 2 rings (SSSR count). The molecule has 0 saturated carbocycles.